The van der Waals surface area contributed by atoms with Crippen molar-refractivity contribution in [1.82, 2.24) is 0 Å². The van der Waals surface area contributed by atoms with E-state index in [1.165, 1.54) is 77.0 Å². The maximum absolute atomic E-state index is 2.76. The first-order valence-corrected chi connectivity index (χ1v) is 14.2. The molecule has 0 N–H and O–H groups in total. The van der Waals surface area contributed by atoms with Gasteiger partial charge in [0, 0.05) is 0 Å². The summed E-state index contributed by atoms with van der Waals surface area (Å²) in [5, 5.41) is 0. The molecule has 0 heterocycles. The van der Waals surface area contributed by atoms with Gasteiger partial charge in [-0.05, 0) is 110 Å². The Morgan fingerprint density at radius 3 is 2.55 bits per heavy atom. The van der Waals surface area contributed by atoms with Crippen LogP contribution in [-0.2, 0) is 0 Å². The van der Waals surface area contributed by atoms with Crippen molar-refractivity contribution in [2.45, 2.75) is 119 Å². The van der Waals surface area contributed by atoms with Crippen molar-refractivity contribution in [1.29, 1.82) is 0 Å². The highest BCUT2D eigenvalue weighted by atomic mass is 14.6. The van der Waals surface area contributed by atoms with Gasteiger partial charge in [-0.25, -0.2) is 0 Å². The molecule has 4 aliphatic carbocycles. The summed E-state index contributed by atoms with van der Waals surface area (Å²) in [6.07, 6.45) is 24.9. The molecule has 0 radical (unpaired) electrons. The zero-order valence-corrected chi connectivity index (χ0v) is 21.8. The van der Waals surface area contributed by atoms with Gasteiger partial charge in [0.1, 0.15) is 0 Å². The predicted octanol–water partition coefficient (Wildman–Crippen LogP) is 9.61. The highest BCUT2D eigenvalue weighted by molar-refractivity contribution is 5.26. The molecule has 4 unspecified atom stereocenters. The third-order valence-corrected chi connectivity index (χ3v) is 11.0. The fraction of sp³-hybridized carbons (Fsp3) is 0.871. The molecule has 0 amide bonds. The van der Waals surface area contributed by atoms with E-state index in [0.29, 0.717) is 10.8 Å². The fourth-order valence-corrected chi connectivity index (χ4v) is 9.21. The van der Waals surface area contributed by atoms with Gasteiger partial charge in [-0.3, -0.25) is 0 Å². The lowest BCUT2D eigenvalue weighted by atomic mass is 9.46. The summed E-state index contributed by atoms with van der Waals surface area (Å²) >= 11 is 0. The molecular weight excluding hydrogens is 372 g/mol. The van der Waals surface area contributed by atoms with Crippen LogP contribution in [0.15, 0.2) is 23.8 Å². The fourth-order valence-electron chi connectivity index (χ4n) is 9.21. The highest BCUT2D eigenvalue weighted by Crippen LogP contribution is 2.67. The summed E-state index contributed by atoms with van der Waals surface area (Å²) in [4.78, 5) is 0. The van der Waals surface area contributed by atoms with E-state index in [0.717, 1.165) is 41.4 Å². The van der Waals surface area contributed by atoms with Crippen LogP contribution in [0.3, 0.4) is 0 Å². The van der Waals surface area contributed by atoms with Crippen LogP contribution in [0.25, 0.3) is 0 Å². The maximum Gasteiger partial charge on any atom is -0.00849 e. The predicted molar refractivity (Wildman–Crippen MR) is 136 cm³/mol. The Morgan fingerprint density at radius 2 is 1.81 bits per heavy atom. The van der Waals surface area contributed by atoms with E-state index in [-0.39, 0.29) is 0 Å². The summed E-state index contributed by atoms with van der Waals surface area (Å²) in [6.45, 7) is 15.1. The Morgan fingerprint density at radius 1 is 1.00 bits per heavy atom. The third kappa shape index (κ3) is 4.36. The second-order valence-corrected chi connectivity index (χ2v) is 13.1. The first-order chi connectivity index (χ1) is 14.8. The van der Waals surface area contributed by atoms with E-state index in [2.05, 4.69) is 59.8 Å². The molecule has 0 heteroatoms. The van der Waals surface area contributed by atoms with Crippen molar-refractivity contribution in [2.75, 3.05) is 0 Å². The Kier molecular flexibility index (Phi) is 7.15. The van der Waals surface area contributed by atoms with Gasteiger partial charge in [0.25, 0.3) is 0 Å². The first kappa shape index (κ1) is 23.6. The second-order valence-electron chi connectivity index (χ2n) is 13.1. The summed E-state index contributed by atoms with van der Waals surface area (Å²) in [7, 11) is 0. The Bertz CT molecular complexity index is 668. The van der Waals surface area contributed by atoms with E-state index < -0.39 is 0 Å². The molecule has 176 valence electrons. The lowest BCUT2D eigenvalue weighted by Crippen LogP contribution is -2.50. The highest BCUT2D eigenvalue weighted by Gasteiger charge is 2.58. The van der Waals surface area contributed by atoms with Crippen LogP contribution in [0.4, 0.5) is 0 Å². The van der Waals surface area contributed by atoms with E-state index >= 15 is 0 Å². The standard InChI is InChI=1S/C31H52/c1-7-8-12-24-17-19-30(5)25(21-24)13-14-26-28-16-15-27(23(4)11-9-10-22(2)3)31(28,6)20-18-29(26)30/h8,12-13,22-24,26-29H,7,9-11,14-21H2,1-6H3/t23-,24?,26?,27-,28?,29?,30+,31-/m1/s1. The van der Waals surface area contributed by atoms with Gasteiger partial charge < -0.3 is 0 Å². The van der Waals surface area contributed by atoms with Crippen molar-refractivity contribution in [3.05, 3.63) is 23.8 Å². The van der Waals surface area contributed by atoms with Crippen molar-refractivity contribution in [3.8, 4) is 0 Å². The van der Waals surface area contributed by atoms with E-state index in [4.69, 9.17) is 0 Å². The SMILES string of the molecule is CCC=CC1CC[C@@]2(C)C(=CCC3C2CC[C@@]2(C)C3CC[C@@H]2[C@H](C)CCCC(C)C)C1. The van der Waals surface area contributed by atoms with Crippen molar-refractivity contribution in [2.24, 2.45) is 52.3 Å². The van der Waals surface area contributed by atoms with Crippen molar-refractivity contribution < 1.29 is 0 Å². The minimum absolute atomic E-state index is 0.516. The largest absolute Gasteiger partial charge is 0.0885 e. The minimum atomic E-state index is 0.516. The van der Waals surface area contributed by atoms with Gasteiger partial charge >= 0.3 is 0 Å². The molecule has 0 aromatic rings. The molecule has 0 nitrogen and oxygen atoms in total. The topological polar surface area (TPSA) is 0 Å². The summed E-state index contributed by atoms with van der Waals surface area (Å²) in [5.41, 5.74) is 2.99. The molecule has 0 saturated heterocycles. The quantitative estimate of drug-likeness (QED) is 0.357. The summed E-state index contributed by atoms with van der Waals surface area (Å²) in [6, 6.07) is 0. The molecule has 0 bridgehead atoms. The van der Waals surface area contributed by atoms with Crippen LogP contribution >= 0.6 is 0 Å². The molecule has 8 atom stereocenters. The van der Waals surface area contributed by atoms with Gasteiger partial charge in [-0.15, -0.1) is 0 Å². The number of hydrogen-bond donors (Lipinski definition) is 0. The van der Waals surface area contributed by atoms with Crippen LogP contribution in [0.2, 0.25) is 0 Å². The van der Waals surface area contributed by atoms with E-state index in [9.17, 15) is 0 Å². The first-order valence-electron chi connectivity index (χ1n) is 14.2. The third-order valence-electron chi connectivity index (χ3n) is 11.0. The Labute approximate surface area is 194 Å². The second kappa shape index (κ2) is 9.38. The number of fused-ring (bicyclic) bond motifs is 5. The van der Waals surface area contributed by atoms with Gasteiger partial charge in [0.15, 0.2) is 0 Å². The van der Waals surface area contributed by atoms with Crippen molar-refractivity contribution >= 4 is 0 Å². The zero-order chi connectivity index (χ0) is 22.2. The molecule has 4 rings (SSSR count). The smallest absolute Gasteiger partial charge is 0.00849 e. The molecule has 4 aliphatic rings. The molecule has 0 aromatic carbocycles. The lowest BCUT2D eigenvalue weighted by molar-refractivity contribution is -0.0516. The summed E-state index contributed by atoms with van der Waals surface area (Å²) in [5.74, 6) is 6.53. The molecular formula is C31H52. The Hall–Kier alpha value is -0.520. The average molecular weight is 425 g/mol. The van der Waals surface area contributed by atoms with E-state index in [1.807, 2.05) is 5.57 Å². The summed E-state index contributed by atoms with van der Waals surface area (Å²) < 4.78 is 0. The molecule has 31 heavy (non-hydrogen) atoms. The molecule has 0 aromatic heterocycles. The van der Waals surface area contributed by atoms with Gasteiger partial charge in [0.05, 0.1) is 0 Å². The van der Waals surface area contributed by atoms with Crippen LogP contribution in [0, 0.1) is 52.3 Å². The van der Waals surface area contributed by atoms with E-state index in [1.54, 1.807) is 0 Å². The zero-order valence-electron chi connectivity index (χ0n) is 21.8. The van der Waals surface area contributed by atoms with Gasteiger partial charge in [-0.2, -0.15) is 0 Å². The Balaban J connectivity index is 1.47. The lowest BCUT2D eigenvalue weighted by Gasteiger charge is -2.58. The molecule has 3 saturated carbocycles. The van der Waals surface area contributed by atoms with Crippen LogP contribution < -0.4 is 0 Å². The van der Waals surface area contributed by atoms with Crippen LogP contribution in [0.5, 0.6) is 0 Å². The minimum Gasteiger partial charge on any atom is -0.0885 e. The normalized spacial score (nSPS) is 43.5. The molecule has 0 aliphatic heterocycles. The average Bonchev–Trinajstić information content (AvgIpc) is 3.09. The van der Waals surface area contributed by atoms with Crippen LogP contribution in [0.1, 0.15) is 119 Å². The van der Waals surface area contributed by atoms with Crippen LogP contribution in [-0.4, -0.2) is 0 Å². The van der Waals surface area contributed by atoms with Crippen molar-refractivity contribution in [3.63, 3.8) is 0 Å². The molecule has 0 spiro atoms. The van der Waals surface area contributed by atoms with Gasteiger partial charge in [-0.1, -0.05) is 84.6 Å². The monoisotopic (exact) mass is 424 g/mol. The number of rotatable bonds is 7. The number of allylic oxidation sites excluding steroid dienone is 4. The maximum atomic E-state index is 2.76. The molecule has 3 fully saturated rings. The number of hydrogen-bond acceptors (Lipinski definition) is 0. The van der Waals surface area contributed by atoms with Gasteiger partial charge in [0.2, 0.25) is 0 Å².